The lowest BCUT2D eigenvalue weighted by Crippen LogP contribution is -2.30. The van der Waals surface area contributed by atoms with Crippen molar-refractivity contribution in [2.75, 3.05) is 13.6 Å². The van der Waals surface area contributed by atoms with Crippen molar-refractivity contribution >= 4 is 32.6 Å². The monoisotopic (exact) mass is 441 g/mol. The van der Waals surface area contributed by atoms with Crippen LogP contribution < -0.4 is 17.1 Å². The first-order chi connectivity index (χ1) is 14.9. The molecule has 0 fully saturated rings. The molecule has 0 aliphatic heterocycles. The molecule has 0 radical (unpaired) electrons. The van der Waals surface area contributed by atoms with Gasteiger partial charge in [-0.2, -0.15) is 10.2 Å². The molecule has 31 heavy (non-hydrogen) atoms. The van der Waals surface area contributed by atoms with E-state index in [1.54, 1.807) is 30.8 Å². The number of hydrogen-bond acceptors (Lipinski definition) is 8. The highest BCUT2D eigenvalue weighted by molar-refractivity contribution is 7.19. The molecule has 0 saturated heterocycles. The molecule has 4 rings (SSSR count). The molecule has 1 unspecified atom stereocenters. The number of aromatic amines is 1. The van der Waals surface area contributed by atoms with Crippen LogP contribution in [0.5, 0.6) is 0 Å². The van der Waals surface area contributed by atoms with E-state index in [0.29, 0.717) is 25.0 Å². The van der Waals surface area contributed by atoms with E-state index in [-0.39, 0.29) is 11.5 Å². The van der Waals surface area contributed by atoms with Crippen LogP contribution in [0.1, 0.15) is 24.0 Å². The van der Waals surface area contributed by atoms with Gasteiger partial charge in [0.1, 0.15) is 10.5 Å². The van der Waals surface area contributed by atoms with Crippen molar-refractivity contribution < 1.29 is 0 Å². The number of nitrogens with zero attached hydrogens (tertiary/aromatic N) is 6. The van der Waals surface area contributed by atoms with E-state index < -0.39 is 0 Å². The van der Waals surface area contributed by atoms with Crippen molar-refractivity contribution in [3.05, 3.63) is 51.3 Å². The zero-order valence-electron chi connectivity index (χ0n) is 17.9. The maximum absolute atomic E-state index is 13.3. The second kappa shape index (κ2) is 8.61. The Balaban J connectivity index is 1.72. The van der Waals surface area contributed by atoms with Crippen LogP contribution in [0, 0.1) is 5.92 Å². The van der Waals surface area contributed by atoms with Gasteiger partial charge in [-0.1, -0.05) is 6.92 Å². The number of rotatable bonds is 8. The van der Waals surface area contributed by atoms with Crippen molar-refractivity contribution in [2.45, 2.75) is 26.3 Å². The topological polar surface area (TPSA) is 137 Å². The number of aryl methyl sites for hydroxylation is 1. The Kier molecular flexibility index (Phi) is 5.90. The van der Waals surface area contributed by atoms with Crippen molar-refractivity contribution in [1.82, 2.24) is 34.5 Å². The molecule has 4 aromatic heterocycles. The van der Waals surface area contributed by atoms with Gasteiger partial charge in [0.05, 0.1) is 23.1 Å². The summed E-state index contributed by atoms with van der Waals surface area (Å²) in [5, 5.41) is 14.8. The van der Waals surface area contributed by atoms with Gasteiger partial charge in [0.15, 0.2) is 5.65 Å². The SMILES string of the molecule is CCC(Cn1ncc2c3sc(Cc4cc[nH]n4)nc3n(C)c2c1=O)/C(=C\N(C)N)CN. The number of fused-ring (bicyclic) bond motifs is 3. The van der Waals surface area contributed by atoms with Crippen LogP contribution in [0.25, 0.3) is 21.3 Å². The van der Waals surface area contributed by atoms with Gasteiger partial charge in [0, 0.05) is 50.8 Å². The average molecular weight is 442 g/mol. The minimum Gasteiger partial charge on any atom is -0.327 e. The highest BCUT2D eigenvalue weighted by Crippen LogP contribution is 2.31. The predicted molar refractivity (Wildman–Crippen MR) is 122 cm³/mol. The van der Waals surface area contributed by atoms with Gasteiger partial charge >= 0.3 is 0 Å². The third kappa shape index (κ3) is 3.99. The molecule has 0 aliphatic carbocycles. The van der Waals surface area contributed by atoms with Crippen LogP contribution >= 0.6 is 11.3 Å². The average Bonchev–Trinajstić information content (AvgIpc) is 3.45. The summed E-state index contributed by atoms with van der Waals surface area (Å²) >= 11 is 1.58. The zero-order chi connectivity index (χ0) is 22.1. The molecule has 4 aromatic rings. The molecule has 5 N–H and O–H groups in total. The van der Waals surface area contributed by atoms with Crippen LogP contribution in [0.2, 0.25) is 0 Å². The number of nitrogens with two attached hydrogens (primary N) is 2. The van der Waals surface area contributed by atoms with Crippen LogP contribution in [0.15, 0.2) is 35.0 Å². The summed E-state index contributed by atoms with van der Waals surface area (Å²) in [6.45, 7) is 2.88. The second-order valence-corrected chi connectivity index (χ2v) is 8.72. The van der Waals surface area contributed by atoms with E-state index in [1.807, 2.05) is 23.9 Å². The van der Waals surface area contributed by atoms with Crippen LogP contribution in [0.4, 0.5) is 0 Å². The summed E-state index contributed by atoms with van der Waals surface area (Å²) in [7, 11) is 3.63. The largest absolute Gasteiger partial charge is 0.327 e. The number of hydrogen-bond donors (Lipinski definition) is 3. The lowest BCUT2D eigenvalue weighted by Gasteiger charge is -2.20. The molecule has 0 bridgehead atoms. The first-order valence-corrected chi connectivity index (χ1v) is 10.9. The van der Waals surface area contributed by atoms with Gasteiger partial charge in [-0.15, -0.1) is 11.3 Å². The highest BCUT2D eigenvalue weighted by Gasteiger charge is 2.20. The van der Waals surface area contributed by atoms with E-state index in [9.17, 15) is 4.79 Å². The molecule has 4 heterocycles. The Morgan fingerprint density at radius 1 is 1.45 bits per heavy atom. The molecule has 0 amide bonds. The van der Waals surface area contributed by atoms with Crippen molar-refractivity contribution in [3.8, 4) is 0 Å². The Labute approximate surface area is 183 Å². The van der Waals surface area contributed by atoms with Crippen molar-refractivity contribution in [1.29, 1.82) is 0 Å². The third-order valence-corrected chi connectivity index (χ3v) is 6.55. The molecular weight excluding hydrogens is 414 g/mol. The maximum atomic E-state index is 13.3. The number of hydrazine groups is 1. The number of thiazole rings is 1. The number of H-pyrrole nitrogens is 1. The molecule has 0 spiro atoms. The molecule has 0 aliphatic rings. The molecule has 1 atom stereocenters. The summed E-state index contributed by atoms with van der Waals surface area (Å²) in [5.41, 5.74) is 9.12. The fourth-order valence-corrected chi connectivity index (χ4v) is 5.01. The molecular formula is C20H27N9OS. The second-order valence-electron chi connectivity index (χ2n) is 7.63. The lowest BCUT2D eigenvalue weighted by atomic mass is 9.97. The maximum Gasteiger partial charge on any atom is 0.291 e. The first kappa shape index (κ1) is 21.2. The minimum absolute atomic E-state index is 0.0682. The van der Waals surface area contributed by atoms with E-state index in [2.05, 4.69) is 22.2 Å². The quantitative estimate of drug-likeness (QED) is 0.277. The number of nitrogens with one attached hydrogen (secondary N) is 1. The third-order valence-electron chi connectivity index (χ3n) is 5.48. The highest BCUT2D eigenvalue weighted by atomic mass is 32.1. The molecule has 0 aromatic carbocycles. The molecule has 164 valence electrons. The normalized spacial score (nSPS) is 13.4. The predicted octanol–water partition coefficient (Wildman–Crippen LogP) is 1.33. The van der Waals surface area contributed by atoms with E-state index in [4.69, 9.17) is 16.6 Å². The fraction of sp³-hybridized carbons (Fsp3) is 0.400. The standard InChI is InChI=1S/C20H27N9OS/c1-4-12(13(8-21)10-27(2)22)11-29-20(30)17-15(9-24-29)18-19(28(17)3)25-16(31-18)7-14-5-6-23-26-14/h5-6,9-10,12H,4,7-8,11,21-22H2,1-3H3,(H,23,26)/b13-10-. The van der Waals surface area contributed by atoms with E-state index >= 15 is 0 Å². The van der Waals surface area contributed by atoms with Gasteiger partial charge in [0.2, 0.25) is 0 Å². The summed E-state index contributed by atoms with van der Waals surface area (Å²) in [6, 6.07) is 1.93. The van der Waals surface area contributed by atoms with Gasteiger partial charge < -0.3 is 15.3 Å². The minimum atomic E-state index is -0.130. The Bertz CT molecular complexity index is 1280. The Hall–Kier alpha value is -3.02. The Morgan fingerprint density at radius 2 is 2.26 bits per heavy atom. The fourth-order valence-electron chi connectivity index (χ4n) is 3.89. The number of aromatic nitrogens is 6. The molecule has 11 heteroatoms. The summed E-state index contributed by atoms with van der Waals surface area (Å²) in [6.07, 6.45) is 6.86. The van der Waals surface area contributed by atoms with Crippen LogP contribution in [0.3, 0.4) is 0 Å². The van der Waals surface area contributed by atoms with Gasteiger partial charge in [-0.25, -0.2) is 15.5 Å². The zero-order valence-corrected chi connectivity index (χ0v) is 18.7. The summed E-state index contributed by atoms with van der Waals surface area (Å²) in [4.78, 5) is 18.1. The van der Waals surface area contributed by atoms with E-state index in [0.717, 1.165) is 38.4 Å². The smallest absolute Gasteiger partial charge is 0.291 e. The van der Waals surface area contributed by atoms with Crippen molar-refractivity contribution in [3.63, 3.8) is 0 Å². The lowest BCUT2D eigenvalue weighted by molar-refractivity contribution is 0.418. The van der Waals surface area contributed by atoms with Crippen LogP contribution in [-0.4, -0.2) is 48.1 Å². The summed E-state index contributed by atoms with van der Waals surface area (Å²) < 4.78 is 4.36. The first-order valence-electron chi connectivity index (χ1n) is 10.1. The Morgan fingerprint density at radius 3 is 2.90 bits per heavy atom. The van der Waals surface area contributed by atoms with Gasteiger partial charge in [-0.05, 0) is 18.1 Å². The van der Waals surface area contributed by atoms with Crippen LogP contribution in [-0.2, 0) is 20.0 Å². The van der Waals surface area contributed by atoms with E-state index in [1.165, 1.54) is 9.69 Å². The van der Waals surface area contributed by atoms with Gasteiger partial charge in [0.25, 0.3) is 5.56 Å². The molecule has 0 saturated carbocycles. The summed E-state index contributed by atoms with van der Waals surface area (Å²) in [5.74, 6) is 5.84. The van der Waals surface area contributed by atoms with Gasteiger partial charge in [-0.3, -0.25) is 9.89 Å². The van der Waals surface area contributed by atoms with Crippen molar-refractivity contribution in [2.24, 2.45) is 24.5 Å². The molecule has 10 nitrogen and oxygen atoms in total.